The Bertz CT molecular complexity index is 969. The smallest absolute Gasteiger partial charge is 0.475 e. The fourth-order valence-electron chi connectivity index (χ4n) is 3.64. The second-order valence-electron chi connectivity index (χ2n) is 7.41. The molecule has 0 aliphatic carbocycles. The standard InChI is InChI=1S/C17H20N4O3.C2HF3O2/c22-15(12-7-11-1-4-19-14(11)20-9-12)21-10-13-8-17(16(23)24-13)2-5-18-6-3-17;3-2(4,5)1(6)7/h1,4,7,9,13,18H,2-3,5-6,8,10H2,(H,19,20)(H,21,22);(H,6,7). The minimum atomic E-state index is -5.08. The first-order valence-corrected chi connectivity index (χ1v) is 9.54. The fourth-order valence-corrected chi connectivity index (χ4v) is 3.64. The molecule has 2 aromatic rings. The number of aromatic nitrogens is 2. The summed E-state index contributed by atoms with van der Waals surface area (Å²) in [5.41, 5.74) is 0.902. The zero-order chi connectivity index (χ0) is 22.6. The van der Waals surface area contributed by atoms with Gasteiger partial charge < -0.3 is 25.5 Å². The predicted molar refractivity (Wildman–Crippen MR) is 101 cm³/mol. The summed E-state index contributed by atoms with van der Waals surface area (Å²) in [6.07, 6.45) is 0.305. The van der Waals surface area contributed by atoms with Gasteiger partial charge in [0, 0.05) is 24.2 Å². The van der Waals surface area contributed by atoms with Crippen LogP contribution in [0.1, 0.15) is 29.6 Å². The Morgan fingerprint density at radius 1 is 1.32 bits per heavy atom. The van der Waals surface area contributed by atoms with Gasteiger partial charge in [-0.1, -0.05) is 0 Å². The van der Waals surface area contributed by atoms with Crippen molar-refractivity contribution in [2.24, 2.45) is 5.41 Å². The number of H-pyrrole nitrogens is 1. The molecule has 2 aliphatic heterocycles. The van der Waals surface area contributed by atoms with E-state index in [1.807, 2.05) is 6.07 Å². The topological polar surface area (TPSA) is 133 Å². The Labute approximate surface area is 174 Å². The summed E-state index contributed by atoms with van der Waals surface area (Å²) in [6.45, 7) is 2.03. The number of hydrogen-bond acceptors (Lipinski definition) is 6. The van der Waals surface area contributed by atoms with E-state index in [1.54, 1.807) is 18.5 Å². The van der Waals surface area contributed by atoms with Crippen LogP contribution in [0, 0.1) is 5.41 Å². The highest BCUT2D eigenvalue weighted by molar-refractivity contribution is 5.96. The van der Waals surface area contributed by atoms with Gasteiger partial charge in [-0.2, -0.15) is 13.2 Å². The number of aromatic amines is 1. The Kier molecular flexibility index (Phi) is 6.48. The molecular formula is C19H21F3N4O5. The number of cyclic esters (lactones) is 1. The van der Waals surface area contributed by atoms with Crippen LogP contribution in [-0.4, -0.2) is 64.8 Å². The van der Waals surface area contributed by atoms with Crippen molar-refractivity contribution in [3.05, 3.63) is 30.1 Å². The van der Waals surface area contributed by atoms with E-state index in [-0.39, 0.29) is 23.4 Å². The number of aliphatic carboxylic acids is 1. The number of nitrogens with one attached hydrogen (secondary N) is 3. The molecule has 31 heavy (non-hydrogen) atoms. The molecule has 1 spiro atoms. The van der Waals surface area contributed by atoms with Crippen molar-refractivity contribution in [3.8, 4) is 0 Å². The molecular weight excluding hydrogens is 421 g/mol. The van der Waals surface area contributed by atoms with E-state index in [0.29, 0.717) is 18.5 Å². The number of piperidine rings is 1. The minimum Gasteiger partial charge on any atom is -0.475 e. The summed E-state index contributed by atoms with van der Waals surface area (Å²) in [5, 5.41) is 14.1. The average molecular weight is 442 g/mol. The zero-order valence-electron chi connectivity index (χ0n) is 16.3. The maximum absolute atomic E-state index is 12.3. The van der Waals surface area contributed by atoms with E-state index in [4.69, 9.17) is 14.6 Å². The molecule has 9 nitrogen and oxygen atoms in total. The molecule has 2 aromatic heterocycles. The molecule has 0 aromatic carbocycles. The summed E-state index contributed by atoms with van der Waals surface area (Å²) in [6, 6.07) is 3.67. The number of amides is 1. The van der Waals surface area contributed by atoms with Gasteiger partial charge >= 0.3 is 18.1 Å². The molecule has 1 atom stereocenters. The summed E-state index contributed by atoms with van der Waals surface area (Å²) in [5.74, 6) is -3.07. The lowest BCUT2D eigenvalue weighted by atomic mass is 9.76. The van der Waals surface area contributed by atoms with Crippen molar-refractivity contribution < 1.29 is 37.4 Å². The van der Waals surface area contributed by atoms with Crippen LogP contribution in [0.3, 0.4) is 0 Å². The average Bonchev–Trinajstić information content (AvgIpc) is 3.30. The number of halogens is 3. The van der Waals surface area contributed by atoms with Gasteiger partial charge in [-0.15, -0.1) is 0 Å². The number of pyridine rings is 1. The third-order valence-corrected chi connectivity index (χ3v) is 5.28. The molecule has 168 valence electrons. The number of rotatable bonds is 3. The van der Waals surface area contributed by atoms with E-state index in [9.17, 15) is 22.8 Å². The molecule has 1 unspecified atom stereocenters. The van der Waals surface area contributed by atoms with Gasteiger partial charge in [0.25, 0.3) is 5.91 Å². The Morgan fingerprint density at radius 3 is 2.65 bits per heavy atom. The van der Waals surface area contributed by atoms with Gasteiger partial charge in [-0.3, -0.25) is 9.59 Å². The molecule has 2 fully saturated rings. The predicted octanol–water partition coefficient (Wildman–Crippen LogP) is 1.61. The number of ether oxygens (including phenoxy) is 1. The molecule has 4 N–H and O–H groups in total. The lowest BCUT2D eigenvalue weighted by Crippen LogP contribution is -2.39. The molecule has 2 saturated heterocycles. The van der Waals surface area contributed by atoms with Gasteiger partial charge in [-0.05, 0) is 38.1 Å². The number of hydrogen-bond donors (Lipinski definition) is 4. The molecule has 2 aliphatic rings. The molecule has 0 radical (unpaired) electrons. The third kappa shape index (κ3) is 5.32. The van der Waals surface area contributed by atoms with Crippen LogP contribution in [0.5, 0.6) is 0 Å². The first-order valence-electron chi connectivity index (χ1n) is 9.54. The SMILES string of the molecule is O=C(NCC1CC2(CCNCC2)C(=O)O1)c1cnc2[nH]ccc2c1.O=C(O)C(F)(F)F. The van der Waals surface area contributed by atoms with Gasteiger partial charge in [-0.25, -0.2) is 9.78 Å². The van der Waals surface area contributed by atoms with Gasteiger partial charge in [0.1, 0.15) is 11.8 Å². The number of carbonyl (C=O) groups excluding carboxylic acids is 2. The highest BCUT2D eigenvalue weighted by atomic mass is 19.4. The largest absolute Gasteiger partial charge is 0.490 e. The Hall–Kier alpha value is -3.15. The van der Waals surface area contributed by atoms with E-state index in [1.165, 1.54) is 0 Å². The number of carboxylic acid groups (broad SMARTS) is 1. The van der Waals surface area contributed by atoms with Crippen LogP contribution < -0.4 is 10.6 Å². The first-order chi connectivity index (χ1) is 14.6. The van der Waals surface area contributed by atoms with Crippen molar-refractivity contribution in [2.45, 2.75) is 31.5 Å². The molecule has 0 saturated carbocycles. The molecule has 12 heteroatoms. The first kappa shape index (κ1) is 22.5. The highest BCUT2D eigenvalue weighted by Gasteiger charge is 2.49. The fraction of sp³-hybridized carbons (Fsp3) is 0.474. The second-order valence-corrected chi connectivity index (χ2v) is 7.41. The number of esters is 1. The normalized spacial score (nSPS) is 20.1. The Balaban J connectivity index is 0.000000339. The third-order valence-electron chi connectivity index (χ3n) is 5.28. The monoisotopic (exact) mass is 442 g/mol. The molecule has 4 rings (SSSR count). The summed E-state index contributed by atoms with van der Waals surface area (Å²) < 4.78 is 37.2. The summed E-state index contributed by atoms with van der Waals surface area (Å²) >= 11 is 0. The quantitative estimate of drug-likeness (QED) is 0.531. The van der Waals surface area contributed by atoms with Crippen molar-refractivity contribution in [1.82, 2.24) is 20.6 Å². The van der Waals surface area contributed by atoms with Crippen LogP contribution in [0.15, 0.2) is 24.5 Å². The summed E-state index contributed by atoms with van der Waals surface area (Å²) in [7, 11) is 0. The number of carbonyl (C=O) groups is 3. The maximum Gasteiger partial charge on any atom is 0.490 e. The maximum atomic E-state index is 12.3. The minimum absolute atomic E-state index is 0.112. The van der Waals surface area contributed by atoms with Crippen molar-refractivity contribution in [2.75, 3.05) is 19.6 Å². The second kappa shape index (κ2) is 8.92. The van der Waals surface area contributed by atoms with Crippen LogP contribution in [0.25, 0.3) is 11.0 Å². The highest BCUT2D eigenvalue weighted by Crippen LogP contribution is 2.41. The van der Waals surface area contributed by atoms with E-state index >= 15 is 0 Å². The number of alkyl halides is 3. The summed E-state index contributed by atoms with van der Waals surface area (Å²) in [4.78, 5) is 40.6. The van der Waals surface area contributed by atoms with E-state index in [2.05, 4.69) is 20.6 Å². The van der Waals surface area contributed by atoms with Gasteiger partial charge in [0.2, 0.25) is 0 Å². The molecule has 0 bridgehead atoms. The zero-order valence-corrected chi connectivity index (χ0v) is 16.3. The van der Waals surface area contributed by atoms with Crippen LogP contribution in [0.2, 0.25) is 0 Å². The van der Waals surface area contributed by atoms with Crippen LogP contribution in [-0.2, 0) is 14.3 Å². The van der Waals surface area contributed by atoms with Gasteiger partial charge in [0.05, 0.1) is 17.5 Å². The van der Waals surface area contributed by atoms with Gasteiger partial charge in [0.15, 0.2) is 0 Å². The molecule has 4 heterocycles. The van der Waals surface area contributed by atoms with Crippen molar-refractivity contribution in [3.63, 3.8) is 0 Å². The van der Waals surface area contributed by atoms with Crippen LogP contribution >= 0.6 is 0 Å². The lowest BCUT2D eigenvalue weighted by molar-refractivity contribution is -0.192. The number of fused-ring (bicyclic) bond motifs is 1. The molecule has 1 amide bonds. The number of carboxylic acids is 1. The number of nitrogens with zero attached hydrogens (tertiary/aromatic N) is 1. The lowest BCUT2D eigenvalue weighted by Gasteiger charge is -2.29. The van der Waals surface area contributed by atoms with Crippen LogP contribution in [0.4, 0.5) is 13.2 Å². The van der Waals surface area contributed by atoms with Crippen molar-refractivity contribution >= 4 is 28.9 Å². The van der Waals surface area contributed by atoms with E-state index in [0.717, 1.165) is 37.0 Å². The van der Waals surface area contributed by atoms with Crippen molar-refractivity contribution in [1.29, 1.82) is 0 Å². The Morgan fingerprint density at radius 2 is 2.00 bits per heavy atom. The van der Waals surface area contributed by atoms with E-state index < -0.39 is 12.1 Å².